The summed E-state index contributed by atoms with van der Waals surface area (Å²) in [6.45, 7) is 4.78. The Morgan fingerprint density at radius 2 is 1.69 bits per heavy atom. The fourth-order valence-corrected chi connectivity index (χ4v) is 3.06. The Kier molecular flexibility index (Phi) is 5.32. The van der Waals surface area contributed by atoms with Gasteiger partial charge in [0.05, 0.1) is 11.3 Å². The second-order valence-electron chi connectivity index (χ2n) is 6.26. The van der Waals surface area contributed by atoms with E-state index in [0.29, 0.717) is 17.8 Å². The molecule has 0 unspecified atom stereocenters. The van der Waals surface area contributed by atoms with E-state index < -0.39 is 5.97 Å². The summed E-state index contributed by atoms with van der Waals surface area (Å²) in [5.41, 5.74) is 5.33. The molecule has 0 atom stereocenters. The number of pyridine rings is 1. The van der Waals surface area contributed by atoms with Gasteiger partial charge in [-0.25, -0.2) is 4.79 Å². The molecule has 26 heavy (non-hydrogen) atoms. The number of hydrogen-bond donors (Lipinski definition) is 1. The molecule has 4 nitrogen and oxygen atoms in total. The van der Waals surface area contributed by atoms with Gasteiger partial charge in [-0.15, -0.1) is 0 Å². The Balaban J connectivity index is 2.05. The number of aryl methyl sites for hydroxylation is 1. The molecule has 0 fully saturated rings. The van der Waals surface area contributed by atoms with Gasteiger partial charge >= 0.3 is 5.97 Å². The van der Waals surface area contributed by atoms with E-state index in [1.807, 2.05) is 42.5 Å². The highest BCUT2D eigenvalue weighted by atomic mass is 16.4. The minimum Gasteiger partial charge on any atom is -0.478 e. The Bertz CT molecular complexity index is 907. The lowest BCUT2D eigenvalue weighted by Crippen LogP contribution is -2.23. The summed E-state index contributed by atoms with van der Waals surface area (Å²) in [4.78, 5) is 18.2. The Morgan fingerprint density at radius 1 is 0.962 bits per heavy atom. The number of carboxylic acid groups (broad SMARTS) is 1. The number of carboxylic acids is 1. The van der Waals surface area contributed by atoms with E-state index in [-0.39, 0.29) is 0 Å². The predicted octanol–water partition coefficient (Wildman–Crippen LogP) is 4.78. The van der Waals surface area contributed by atoms with Crippen molar-refractivity contribution in [1.29, 1.82) is 0 Å². The molecular weight excluding hydrogens is 324 g/mol. The van der Waals surface area contributed by atoms with Crippen LogP contribution in [0.25, 0.3) is 0 Å². The second-order valence-corrected chi connectivity index (χ2v) is 6.26. The number of aromatic carboxylic acids is 1. The lowest BCUT2D eigenvalue weighted by molar-refractivity contribution is 0.0697. The van der Waals surface area contributed by atoms with Crippen molar-refractivity contribution in [1.82, 2.24) is 4.98 Å². The van der Waals surface area contributed by atoms with Crippen LogP contribution < -0.4 is 4.90 Å². The maximum Gasteiger partial charge on any atom is 0.337 e. The first-order valence-corrected chi connectivity index (χ1v) is 8.64. The number of rotatable bonds is 6. The molecule has 0 bridgehead atoms. The zero-order chi connectivity index (χ0) is 18.5. The van der Waals surface area contributed by atoms with Crippen LogP contribution in [-0.4, -0.2) is 22.6 Å². The third-order valence-corrected chi connectivity index (χ3v) is 4.61. The predicted molar refractivity (Wildman–Crippen MR) is 104 cm³/mol. The van der Waals surface area contributed by atoms with Gasteiger partial charge in [-0.3, -0.25) is 4.98 Å². The van der Waals surface area contributed by atoms with E-state index in [9.17, 15) is 9.90 Å². The molecule has 0 radical (unpaired) electrons. The molecule has 3 rings (SSSR count). The third-order valence-electron chi connectivity index (χ3n) is 4.61. The fraction of sp³-hybridized carbons (Fsp3) is 0.182. The van der Waals surface area contributed by atoms with E-state index in [1.54, 1.807) is 18.3 Å². The van der Waals surface area contributed by atoms with Gasteiger partial charge in [-0.1, -0.05) is 30.3 Å². The van der Waals surface area contributed by atoms with E-state index >= 15 is 0 Å². The van der Waals surface area contributed by atoms with Crippen LogP contribution in [0.15, 0.2) is 66.9 Å². The molecule has 0 saturated heterocycles. The zero-order valence-corrected chi connectivity index (χ0v) is 15.0. The second kappa shape index (κ2) is 7.83. The summed E-state index contributed by atoms with van der Waals surface area (Å²) in [6, 6.07) is 19.1. The van der Waals surface area contributed by atoms with Crippen molar-refractivity contribution in [3.63, 3.8) is 0 Å². The molecule has 0 aliphatic carbocycles. The average Bonchev–Trinajstić information content (AvgIpc) is 2.66. The van der Waals surface area contributed by atoms with Crippen LogP contribution in [0.4, 0.5) is 11.4 Å². The van der Waals surface area contributed by atoms with Gasteiger partial charge in [-0.05, 0) is 55.3 Å². The van der Waals surface area contributed by atoms with Crippen molar-refractivity contribution < 1.29 is 9.90 Å². The molecular formula is C22H22N2O2. The van der Waals surface area contributed by atoms with Crippen molar-refractivity contribution in [2.75, 3.05) is 11.4 Å². The summed E-state index contributed by atoms with van der Waals surface area (Å²) in [5, 5.41) is 9.63. The van der Waals surface area contributed by atoms with Crippen LogP contribution >= 0.6 is 0 Å². The lowest BCUT2D eigenvalue weighted by atomic mass is 10.0. The van der Waals surface area contributed by atoms with Crippen LogP contribution in [0.5, 0.6) is 0 Å². The van der Waals surface area contributed by atoms with Crippen LogP contribution in [0.1, 0.15) is 27.2 Å². The molecule has 132 valence electrons. The molecule has 3 aromatic rings. The van der Waals surface area contributed by atoms with Gasteiger partial charge in [0.2, 0.25) is 0 Å². The van der Waals surface area contributed by atoms with Gasteiger partial charge in [0, 0.05) is 30.5 Å². The maximum atomic E-state index is 11.7. The molecule has 2 aromatic carbocycles. The topological polar surface area (TPSA) is 53.4 Å². The highest BCUT2D eigenvalue weighted by Crippen LogP contribution is 2.32. The van der Waals surface area contributed by atoms with Gasteiger partial charge in [0.15, 0.2) is 0 Å². The molecule has 0 amide bonds. The van der Waals surface area contributed by atoms with Crippen molar-refractivity contribution in [3.05, 3.63) is 89.2 Å². The molecule has 0 spiro atoms. The molecule has 1 aromatic heterocycles. The van der Waals surface area contributed by atoms with Gasteiger partial charge in [-0.2, -0.15) is 0 Å². The van der Waals surface area contributed by atoms with Crippen molar-refractivity contribution in [2.24, 2.45) is 0 Å². The average molecular weight is 346 g/mol. The molecule has 1 N–H and O–H groups in total. The number of para-hydroxylation sites is 1. The summed E-state index contributed by atoms with van der Waals surface area (Å²) < 4.78 is 0. The standard InChI is InChI=1S/C22H22N2O2/c1-16-8-7-12-20(17(16)2)24(15-13-18-9-5-6-14-23-18)21-11-4-3-10-19(21)22(25)26/h3-12,14H,13,15H2,1-2H3,(H,25,26). The zero-order valence-electron chi connectivity index (χ0n) is 15.0. The maximum absolute atomic E-state index is 11.7. The normalized spacial score (nSPS) is 10.5. The first-order valence-electron chi connectivity index (χ1n) is 8.64. The van der Waals surface area contributed by atoms with Gasteiger partial charge < -0.3 is 10.0 Å². The summed E-state index contributed by atoms with van der Waals surface area (Å²) in [7, 11) is 0. The number of aromatic nitrogens is 1. The summed E-state index contributed by atoms with van der Waals surface area (Å²) in [6.07, 6.45) is 2.50. The lowest BCUT2D eigenvalue weighted by Gasteiger charge is -2.28. The first kappa shape index (κ1) is 17.7. The largest absolute Gasteiger partial charge is 0.478 e. The number of carbonyl (C=O) groups is 1. The highest BCUT2D eigenvalue weighted by molar-refractivity contribution is 5.95. The Labute approximate surface area is 153 Å². The van der Waals surface area contributed by atoms with Crippen molar-refractivity contribution >= 4 is 17.3 Å². The van der Waals surface area contributed by atoms with Crippen LogP contribution in [0.2, 0.25) is 0 Å². The first-order chi connectivity index (χ1) is 12.6. The van der Waals surface area contributed by atoms with Gasteiger partial charge in [0.25, 0.3) is 0 Å². The minimum absolute atomic E-state index is 0.300. The number of anilines is 2. The quantitative estimate of drug-likeness (QED) is 0.698. The van der Waals surface area contributed by atoms with E-state index in [2.05, 4.69) is 29.8 Å². The Hall–Kier alpha value is -3.14. The van der Waals surface area contributed by atoms with Crippen molar-refractivity contribution in [3.8, 4) is 0 Å². The van der Waals surface area contributed by atoms with E-state index in [0.717, 1.165) is 23.4 Å². The molecule has 0 aliphatic heterocycles. The minimum atomic E-state index is -0.922. The fourth-order valence-electron chi connectivity index (χ4n) is 3.06. The van der Waals surface area contributed by atoms with Crippen LogP contribution in [0, 0.1) is 13.8 Å². The summed E-state index contributed by atoms with van der Waals surface area (Å²) >= 11 is 0. The number of hydrogen-bond acceptors (Lipinski definition) is 3. The van der Waals surface area contributed by atoms with Gasteiger partial charge in [0.1, 0.15) is 0 Å². The third kappa shape index (κ3) is 3.75. The monoisotopic (exact) mass is 346 g/mol. The van der Waals surface area contributed by atoms with E-state index in [4.69, 9.17) is 0 Å². The smallest absolute Gasteiger partial charge is 0.337 e. The molecule has 1 heterocycles. The Morgan fingerprint density at radius 3 is 2.42 bits per heavy atom. The number of nitrogens with zero attached hydrogens (tertiary/aromatic N) is 2. The van der Waals surface area contributed by atoms with E-state index in [1.165, 1.54) is 5.56 Å². The molecule has 0 aliphatic rings. The highest BCUT2D eigenvalue weighted by Gasteiger charge is 2.19. The van der Waals surface area contributed by atoms with Crippen LogP contribution in [-0.2, 0) is 6.42 Å². The molecule has 4 heteroatoms. The summed E-state index contributed by atoms with van der Waals surface area (Å²) in [5.74, 6) is -0.922. The van der Waals surface area contributed by atoms with Crippen molar-refractivity contribution in [2.45, 2.75) is 20.3 Å². The number of benzene rings is 2. The SMILES string of the molecule is Cc1cccc(N(CCc2ccccn2)c2ccccc2C(=O)O)c1C. The van der Waals surface area contributed by atoms with Crippen LogP contribution in [0.3, 0.4) is 0 Å². The molecule has 0 saturated carbocycles.